The Kier molecular flexibility index (Phi) is 23.9. The van der Waals surface area contributed by atoms with Crippen LogP contribution in [0.5, 0.6) is 0 Å². The second kappa shape index (κ2) is 26.7. The Morgan fingerprint density at radius 2 is 1.18 bits per heavy atom. The molecule has 1 fully saturated rings. The normalized spacial score (nSPS) is 16.4. The van der Waals surface area contributed by atoms with Crippen molar-refractivity contribution in [3.63, 3.8) is 0 Å². The SMILES string of the molecule is CCC=CCC=CCC=CCC=CCC=CCC=CCCC(=O)NCCNC(=O)CCCC[C@@H]1CCSS1. The van der Waals surface area contributed by atoms with Crippen molar-refractivity contribution in [3.8, 4) is 0 Å². The highest BCUT2D eigenvalue weighted by Gasteiger charge is 2.15. The van der Waals surface area contributed by atoms with Gasteiger partial charge in [-0.25, -0.2) is 0 Å². The lowest BCUT2D eigenvalue weighted by Gasteiger charge is -2.08. The van der Waals surface area contributed by atoms with E-state index in [0.717, 1.165) is 63.0 Å². The van der Waals surface area contributed by atoms with Gasteiger partial charge in [0.05, 0.1) is 0 Å². The van der Waals surface area contributed by atoms with Crippen molar-refractivity contribution in [1.82, 2.24) is 10.6 Å². The van der Waals surface area contributed by atoms with Crippen molar-refractivity contribution in [2.45, 2.75) is 95.6 Å². The number of carbonyl (C=O) groups is 2. The first-order valence-corrected chi connectivity index (χ1v) is 16.8. The van der Waals surface area contributed by atoms with Crippen LogP contribution < -0.4 is 10.6 Å². The van der Waals surface area contributed by atoms with E-state index in [9.17, 15) is 9.59 Å². The summed E-state index contributed by atoms with van der Waals surface area (Å²) in [6.45, 7) is 3.14. The molecule has 0 spiro atoms. The van der Waals surface area contributed by atoms with Crippen molar-refractivity contribution in [1.29, 1.82) is 0 Å². The first kappa shape index (κ1) is 34.1. The van der Waals surface area contributed by atoms with Gasteiger partial charge in [-0.1, -0.05) is 108 Å². The molecule has 1 heterocycles. The third-order valence-corrected chi connectivity index (χ3v) is 8.82. The lowest BCUT2D eigenvalue weighted by Crippen LogP contribution is -2.34. The third-order valence-electron chi connectivity index (χ3n) is 5.81. The number of unbranched alkanes of at least 4 members (excludes halogenated alkanes) is 1. The van der Waals surface area contributed by atoms with Crippen molar-refractivity contribution >= 4 is 33.4 Å². The topological polar surface area (TPSA) is 58.2 Å². The van der Waals surface area contributed by atoms with E-state index in [1.165, 1.54) is 18.6 Å². The summed E-state index contributed by atoms with van der Waals surface area (Å²) < 4.78 is 0. The second-order valence-corrected chi connectivity index (χ2v) is 12.0. The van der Waals surface area contributed by atoms with E-state index >= 15 is 0 Å². The first-order valence-electron chi connectivity index (χ1n) is 14.4. The monoisotopic (exact) mass is 558 g/mol. The molecule has 212 valence electrons. The zero-order valence-corrected chi connectivity index (χ0v) is 25.1. The predicted octanol–water partition coefficient (Wildman–Crippen LogP) is 8.41. The van der Waals surface area contributed by atoms with Gasteiger partial charge in [0.25, 0.3) is 0 Å². The number of hydrogen-bond acceptors (Lipinski definition) is 4. The molecule has 1 aliphatic rings. The van der Waals surface area contributed by atoms with Gasteiger partial charge < -0.3 is 10.6 Å². The van der Waals surface area contributed by atoms with Gasteiger partial charge in [0.1, 0.15) is 0 Å². The molecule has 4 nitrogen and oxygen atoms in total. The summed E-state index contributed by atoms with van der Waals surface area (Å²) in [6.07, 6.45) is 38.5. The van der Waals surface area contributed by atoms with Crippen molar-refractivity contribution in [2.75, 3.05) is 18.8 Å². The third kappa shape index (κ3) is 23.2. The maximum Gasteiger partial charge on any atom is 0.220 e. The van der Waals surface area contributed by atoms with Crippen molar-refractivity contribution < 1.29 is 9.59 Å². The molecule has 0 aromatic rings. The molecule has 0 aromatic heterocycles. The fourth-order valence-electron chi connectivity index (χ4n) is 3.66. The van der Waals surface area contributed by atoms with E-state index in [0.29, 0.717) is 25.9 Å². The molecule has 1 aliphatic heterocycles. The van der Waals surface area contributed by atoms with E-state index in [-0.39, 0.29) is 11.8 Å². The molecule has 0 aliphatic carbocycles. The Bertz CT molecular complexity index is 778. The molecule has 0 radical (unpaired) electrons. The Morgan fingerprint density at radius 1 is 0.684 bits per heavy atom. The molecule has 38 heavy (non-hydrogen) atoms. The van der Waals surface area contributed by atoms with Crippen LogP contribution in [0.25, 0.3) is 0 Å². The van der Waals surface area contributed by atoms with Crippen LogP contribution in [0, 0.1) is 0 Å². The summed E-state index contributed by atoms with van der Waals surface area (Å²) in [5, 5.41) is 6.56. The van der Waals surface area contributed by atoms with E-state index in [4.69, 9.17) is 0 Å². The standard InChI is InChI=1S/C32H50N2O2S2/c1-2-3-4-5-6-7-8-9-10-11-12-13-14-15-16-17-18-19-20-24-31(35)33-27-28-34-32(36)25-22-21-23-30-26-29-37-38-30/h3-4,6-7,9-10,12-13,15-16,18-19,30H,2,5,8,11,14,17,20-29H2,1H3,(H,33,35)(H,34,36)/t30-/m1/s1. The molecule has 1 saturated heterocycles. The van der Waals surface area contributed by atoms with E-state index in [2.05, 4.69) is 90.5 Å². The smallest absolute Gasteiger partial charge is 0.220 e. The molecule has 0 aromatic carbocycles. The van der Waals surface area contributed by atoms with Crippen LogP contribution in [0.15, 0.2) is 72.9 Å². The molecule has 2 N–H and O–H groups in total. The second-order valence-electron chi connectivity index (χ2n) is 9.23. The quantitative estimate of drug-likeness (QED) is 0.0795. The molecular formula is C32H50N2O2S2. The number of allylic oxidation sites excluding steroid dienone is 12. The summed E-state index contributed by atoms with van der Waals surface area (Å²) in [4.78, 5) is 23.8. The summed E-state index contributed by atoms with van der Waals surface area (Å²) in [5.74, 6) is 1.39. The van der Waals surface area contributed by atoms with Gasteiger partial charge in [-0.05, 0) is 64.2 Å². The summed E-state index contributed by atoms with van der Waals surface area (Å²) in [7, 11) is 3.97. The Hall–Kier alpha value is -1.92. The highest BCUT2D eigenvalue weighted by Crippen LogP contribution is 2.39. The van der Waals surface area contributed by atoms with Crippen LogP contribution in [0.1, 0.15) is 90.4 Å². The van der Waals surface area contributed by atoms with Crippen LogP contribution in [-0.2, 0) is 9.59 Å². The van der Waals surface area contributed by atoms with Gasteiger partial charge in [0, 0.05) is 36.9 Å². The molecule has 0 unspecified atom stereocenters. The fraction of sp³-hybridized carbons (Fsp3) is 0.562. The molecule has 1 atom stereocenters. The molecule has 1 rings (SSSR count). The number of nitrogens with one attached hydrogen (secondary N) is 2. The number of rotatable bonds is 22. The van der Waals surface area contributed by atoms with Gasteiger partial charge in [0.2, 0.25) is 11.8 Å². The maximum absolute atomic E-state index is 11.9. The lowest BCUT2D eigenvalue weighted by molar-refractivity contribution is -0.122. The average Bonchev–Trinajstić information content (AvgIpc) is 3.44. The van der Waals surface area contributed by atoms with Crippen LogP contribution in [0.2, 0.25) is 0 Å². The van der Waals surface area contributed by atoms with Gasteiger partial charge in [-0.2, -0.15) is 0 Å². The van der Waals surface area contributed by atoms with Crippen molar-refractivity contribution in [2.24, 2.45) is 0 Å². The number of amides is 2. The number of carbonyl (C=O) groups excluding carboxylic acids is 2. The minimum atomic E-state index is 0.0331. The highest BCUT2D eigenvalue weighted by atomic mass is 33.1. The summed E-state index contributed by atoms with van der Waals surface area (Å²) in [6, 6.07) is 0. The minimum absolute atomic E-state index is 0.0331. The predicted molar refractivity (Wildman–Crippen MR) is 170 cm³/mol. The molecular weight excluding hydrogens is 508 g/mol. The Morgan fingerprint density at radius 3 is 1.68 bits per heavy atom. The van der Waals surface area contributed by atoms with Gasteiger partial charge in [-0.15, -0.1) is 0 Å². The molecule has 0 bridgehead atoms. The van der Waals surface area contributed by atoms with E-state index in [1.54, 1.807) is 0 Å². The van der Waals surface area contributed by atoms with Crippen LogP contribution in [0.3, 0.4) is 0 Å². The molecule has 2 amide bonds. The van der Waals surface area contributed by atoms with Crippen LogP contribution in [0.4, 0.5) is 0 Å². The molecule has 0 saturated carbocycles. The lowest BCUT2D eigenvalue weighted by atomic mass is 10.1. The van der Waals surface area contributed by atoms with Crippen LogP contribution >= 0.6 is 21.6 Å². The first-order chi connectivity index (χ1) is 18.7. The Balaban J connectivity index is 1.89. The average molecular weight is 559 g/mol. The zero-order chi connectivity index (χ0) is 27.4. The van der Waals surface area contributed by atoms with Gasteiger partial charge in [-0.3, -0.25) is 9.59 Å². The number of hydrogen-bond donors (Lipinski definition) is 2. The van der Waals surface area contributed by atoms with E-state index in [1.807, 2.05) is 21.6 Å². The van der Waals surface area contributed by atoms with Crippen molar-refractivity contribution in [3.05, 3.63) is 72.9 Å². The van der Waals surface area contributed by atoms with Gasteiger partial charge >= 0.3 is 0 Å². The van der Waals surface area contributed by atoms with E-state index < -0.39 is 0 Å². The summed E-state index contributed by atoms with van der Waals surface area (Å²) in [5.41, 5.74) is 0. The van der Waals surface area contributed by atoms with Gasteiger partial charge in [0.15, 0.2) is 0 Å². The highest BCUT2D eigenvalue weighted by molar-refractivity contribution is 8.77. The fourth-order valence-corrected chi connectivity index (χ4v) is 6.68. The summed E-state index contributed by atoms with van der Waals surface area (Å²) >= 11 is 0. The minimum Gasteiger partial charge on any atom is -0.354 e. The zero-order valence-electron chi connectivity index (χ0n) is 23.5. The largest absolute Gasteiger partial charge is 0.354 e. The molecule has 6 heteroatoms. The maximum atomic E-state index is 11.9. The Labute approximate surface area is 240 Å². The van der Waals surface area contributed by atoms with Crippen LogP contribution in [-0.4, -0.2) is 35.9 Å².